The summed E-state index contributed by atoms with van der Waals surface area (Å²) >= 11 is 0. The molecule has 1 atom stereocenters. The standard InChI is InChI=1S/C22H21F3N2O4S/c1-3-30-21-18(7-6-14-26-21)17-12-10-16(11-13-17)15(2)27-32(28,29)20-9-5-4-8-19(20)31-22(23,24)25/h4-15,27H,3H2,1-2H3. The third kappa shape index (κ3) is 5.77. The molecule has 0 aliphatic carbocycles. The fourth-order valence-corrected chi connectivity index (χ4v) is 4.42. The van der Waals surface area contributed by atoms with E-state index in [-0.39, 0.29) is 0 Å². The summed E-state index contributed by atoms with van der Waals surface area (Å²) in [6, 6.07) is 14.5. The number of alkyl halides is 3. The molecule has 3 aromatic rings. The van der Waals surface area contributed by atoms with Crippen molar-refractivity contribution >= 4 is 10.0 Å². The highest BCUT2D eigenvalue weighted by Crippen LogP contribution is 2.31. The minimum atomic E-state index is -5.01. The maximum Gasteiger partial charge on any atom is 0.573 e. The van der Waals surface area contributed by atoms with Gasteiger partial charge in [0, 0.05) is 17.8 Å². The summed E-state index contributed by atoms with van der Waals surface area (Å²) in [5, 5.41) is 0. The average molecular weight is 466 g/mol. The zero-order chi connectivity index (χ0) is 23.4. The topological polar surface area (TPSA) is 77.5 Å². The summed E-state index contributed by atoms with van der Waals surface area (Å²) in [7, 11) is -4.29. The first-order chi connectivity index (χ1) is 15.1. The van der Waals surface area contributed by atoms with Crippen LogP contribution < -0.4 is 14.2 Å². The molecular weight excluding hydrogens is 445 g/mol. The molecule has 0 fully saturated rings. The van der Waals surface area contributed by atoms with E-state index >= 15 is 0 Å². The van der Waals surface area contributed by atoms with Crippen LogP contribution in [0.15, 0.2) is 71.8 Å². The highest BCUT2D eigenvalue weighted by Gasteiger charge is 2.34. The van der Waals surface area contributed by atoms with Crippen LogP contribution in [0.2, 0.25) is 0 Å². The van der Waals surface area contributed by atoms with Crippen molar-refractivity contribution in [2.24, 2.45) is 0 Å². The first kappa shape index (κ1) is 23.6. The summed E-state index contributed by atoms with van der Waals surface area (Å²) in [5.41, 5.74) is 2.23. The third-order valence-electron chi connectivity index (χ3n) is 4.47. The van der Waals surface area contributed by atoms with Crippen molar-refractivity contribution in [3.05, 3.63) is 72.4 Å². The Kier molecular flexibility index (Phi) is 7.05. The zero-order valence-electron chi connectivity index (χ0n) is 17.3. The Labute approximate surface area is 184 Å². The Bertz CT molecular complexity index is 1170. The minimum Gasteiger partial charge on any atom is -0.478 e. The van der Waals surface area contributed by atoms with Gasteiger partial charge in [0.25, 0.3) is 0 Å². The van der Waals surface area contributed by atoms with Gasteiger partial charge in [-0.05, 0) is 49.2 Å². The molecule has 1 unspecified atom stereocenters. The highest BCUT2D eigenvalue weighted by molar-refractivity contribution is 7.89. The van der Waals surface area contributed by atoms with Crippen molar-refractivity contribution in [3.8, 4) is 22.8 Å². The molecule has 1 aromatic heterocycles. The van der Waals surface area contributed by atoms with Crippen molar-refractivity contribution in [3.63, 3.8) is 0 Å². The number of sulfonamides is 1. The number of halogens is 3. The fourth-order valence-electron chi connectivity index (χ4n) is 3.06. The van der Waals surface area contributed by atoms with Gasteiger partial charge in [-0.1, -0.05) is 36.4 Å². The summed E-state index contributed by atoms with van der Waals surface area (Å²) in [5.74, 6) is -0.312. The smallest absolute Gasteiger partial charge is 0.478 e. The van der Waals surface area contributed by atoms with E-state index in [2.05, 4.69) is 14.4 Å². The third-order valence-corrected chi connectivity index (χ3v) is 6.05. The minimum absolute atomic E-state index is 0.459. The lowest BCUT2D eigenvalue weighted by atomic mass is 10.0. The fraction of sp³-hybridized carbons (Fsp3) is 0.227. The SMILES string of the molecule is CCOc1ncccc1-c1ccc(C(C)NS(=O)(=O)c2ccccc2OC(F)(F)F)cc1. The van der Waals surface area contributed by atoms with Crippen LogP contribution in [-0.2, 0) is 10.0 Å². The molecule has 6 nitrogen and oxygen atoms in total. The van der Waals surface area contributed by atoms with Gasteiger partial charge in [-0.3, -0.25) is 0 Å². The van der Waals surface area contributed by atoms with E-state index < -0.39 is 33.1 Å². The number of aromatic nitrogens is 1. The van der Waals surface area contributed by atoms with Crippen molar-refractivity contribution in [1.29, 1.82) is 0 Å². The molecule has 3 rings (SSSR count). The van der Waals surface area contributed by atoms with Crippen LogP contribution in [0.5, 0.6) is 11.6 Å². The first-order valence-corrected chi connectivity index (χ1v) is 11.1. The van der Waals surface area contributed by atoms with Gasteiger partial charge < -0.3 is 9.47 Å². The number of pyridine rings is 1. The van der Waals surface area contributed by atoms with Crippen LogP contribution in [0.1, 0.15) is 25.5 Å². The second-order valence-electron chi connectivity index (χ2n) is 6.75. The number of nitrogens with zero attached hydrogens (tertiary/aromatic N) is 1. The number of benzene rings is 2. The average Bonchev–Trinajstić information content (AvgIpc) is 2.73. The molecule has 0 bridgehead atoms. The largest absolute Gasteiger partial charge is 0.573 e. The number of ether oxygens (including phenoxy) is 2. The van der Waals surface area contributed by atoms with Gasteiger partial charge in [-0.2, -0.15) is 0 Å². The number of nitrogens with one attached hydrogen (secondary N) is 1. The van der Waals surface area contributed by atoms with Gasteiger partial charge in [-0.15, -0.1) is 13.2 Å². The lowest BCUT2D eigenvalue weighted by Gasteiger charge is -2.18. The Balaban J connectivity index is 1.82. The monoisotopic (exact) mass is 466 g/mol. The Hall–Kier alpha value is -3.11. The molecule has 0 spiro atoms. The number of para-hydroxylation sites is 1. The van der Waals surface area contributed by atoms with Gasteiger partial charge in [0.2, 0.25) is 15.9 Å². The van der Waals surface area contributed by atoms with Crippen molar-refractivity contribution in [2.75, 3.05) is 6.61 Å². The predicted molar refractivity (Wildman–Crippen MR) is 113 cm³/mol. The molecule has 0 aliphatic heterocycles. The molecular formula is C22H21F3N2O4S. The normalized spacial score (nSPS) is 12.9. The van der Waals surface area contributed by atoms with E-state index in [9.17, 15) is 21.6 Å². The summed E-state index contributed by atoms with van der Waals surface area (Å²) in [4.78, 5) is 3.61. The molecule has 10 heteroatoms. The summed E-state index contributed by atoms with van der Waals surface area (Å²) in [6.45, 7) is 3.91. The highest BCUT2D eigenvalue weighted by atomic mass is 32.2. The number of hydrogen-bond acceptors (Lipinski definition) is 5. The molecule has 170 valence electrons. The Morgan fingerprint density at radius 1 is 1.03 bits per heavy atom. The molecule has 0 saturated heterocycles. The van der Waals surface area contributed by atoms with E-state index in [1.54, 1.807) is 43.5 Å². The quantitative estimate of drug-likeness (QED) is 0.501. The van der Waals surface area contributed by atoms with E-state index in [0.29, 0.717) is 18.1 Å². The maximum absolute atomic E-state index is 12.7. The molecule has 32 heavy (non-hydrogen) atoms. The second-order valence-corrected chi connectivity index (χ2v) is 8.43. The zero-order valence-corrected chi connectivity index (χ0v) is 18.1. The van der Waals surface area contributed by atoms with Crippen LogP contribution in [0.25, 0.3) is 11.1 Å². The summed E-state index contributed by atoms with van der Waals surface area (Å²) < 4.78 is 75.2. The van der Waals surface area contributed by atoms with Crippen LogP contribution in [0.3, 0.4) is 0 Å². The van der Waals surface area contributed by atoms with E-state index in [0.717, 1.165) is 23.3 Å². The van der Waals surface area contributed by atoms with Crippen LogP contribution in [-0.4, -0.2) is 26.4 Å². The molecule has 1 heterocycles. The lowest BCUT2D eigenvalue weighted by Crippen LogP contribution is -2.28. The van der Waals surface area contributed by atoms with Gasteiger partial charge in [0.1, 0.15) is 10.6 Å². The number of hydrogen-bond donors (Lipinski definition) is 1. The molecule has 0 amide bonds. The van der Waals surface area contributed by atoms with E-state index in [1.165, 1.54) is 12.1 Å². The summed E-state index contributed by atoms with van der Waals surface area (Å²) in [6.07, 6.45) is -3.39. The molecule has 1 N–H and O–H groups in total. The maximum atomic E-state index is 12.7. The Morgan fingerprint density at radius 3 is 2.38 bits per heavy atom. The first-order valence-electron chi connectivity index (χ1n) is 9.66. The lowest BCUT2D eigenvalue weighted by molar-refractivity contribution is -0.275. The van der Waals surface area contributed by atoms with Crippen molar-refractivity contribution < 1.29 is 31.1 Å². The van der Waals surface area contributed by atoms with Crippen molar-refractivity contribution in [2.45, 2.75) is 31.1 Å². The van der Waals surface area contributed by atoms with Gasteiger partial charge >= 0.3 is 6.36 Å². The van der Waals surface area contributed by atoms with Gasteiger partial charge in [0.05, 0.1) is 6.61 Å². The molecule has 0 radical (unpaired) electrons. The molecule has 0 saturated carbocycles. The molecule has 2 aromatic carbocycles. The Morgan fingerprint density at radius 2 is 1.72 bits per heavy atom. The van der Waals surface area contributed by atoms with Crippen LogP contribution in [0.4, 0.5) is 13.2 Å². The second kappa shape index (κ2) is 9.58. The van der Waals surface area contributed by atoms with E-state index in [1.807, 2.05) is 13.0 Å². The van der Waals surface area contributed by atoms with Crippen LogP contribution >= 0.6 is 0 Å². The van der Waals surface area contributed by atoms with Gasteiger partial charge in [-0.25, -0.2) is 18.1 Å². The predicted octanol–water partition coefficient (Wildman–Crippen LogP) is 5.09. The van der Waals surface area contributed by atoms with Crippen molar-refractivity contribution in [1.82, 2.24) is 9.71 Å². The van der Waals surface area contributed by atoms with Crippen LogP contribution in [0, 0.1) is 0 Å². The number of rotatable bonds is 8. The molecule has 0 aliphatic rings. The van der Waals surface area contributed by atoms with Gasteiger partial charge in [0.15, 0.2) is 0 Å². The van der Waals surface area contributed by atoms with E-state index in [4.69, 9.17) is 4.74 Å².